The van der Waals surface area contributed by atoms with Crippen LogP contribution in [0.15, 0.2) is 24.3 Å². The summed E-state index contributed by atoms with van der Waals surface area (Å²) in [5.74, 6) is -0.0710. The highest BCUT2D eigenvalue weighted by Crippen LogP contribution is 2.11. The van der Waals surface area contributed by atoms with Crippen LogP contribution >= 0.6 is 12.4 Å². The molecule has 0 aromatic heterocycles. The summed E-state index contributed by atoms with van der Waals surface area (Å²) in [6.07, 6.45) is 0. The fourth-order valence-corrected chi connectivity index (χ4v) is 1.99. The number of methoxy groups -OCH3 is 1. The summed E-state index contributed by atoms with van der Waals surface area (Å²) in [6.45, 7) is 6.85. The number of hydrogen-bond acceptors (Lipinski definition) is 3. The lowest BCUT2D eigenvalue weighted by Gasteiger charge is -2.29. The van der Waals surface area contributed by atoms with E-state index in [0.29, 0.717) is 6.54 Å². The number of amides is 1. The van der Waals surface area contributed by atoms with Crippen LogP contribution in [0.25, 0.3) is 0 Å². The zero-order valence-electron chi connectivity index (χ0n) is 12.6. The third-order valence-corrected chi connectivity index (χ3v) is 3.01. The number of rotatable bonds is 6. The second-order valence-corrected chi connectivity index (χ2v) is 5.11. The molecular weight excluding hydrogens is 276 g/mol. The van der Waals surface area contributed by atoms with Crippen LogP contribution in [0.2, 0.25) is 0 Å². The second-order valence-electron chi connectivity index (χ2n) is 5.11. The fraction of sp³-hybridized carbons (Fsp3) is 0.533. The highest BCUT2D eigenvalue weighted by molar-refractivity contribution is 5.85. The van der Waals surface area contributed by atoms with Crippen LogP contribution in [-0.4, -0.2) is 36.6 Å². The van der Waals surface area contributed by atoms with Gasteiger partial charge in [-0.1, -0.05) is 29.8 Å². The van der Waals surface area contributed by atoms with Crippen molar-refractivity contribution < 1.29 is 9.53 Å². The molecule has 0 heterocycles. The van der Waals surface area contributed by atoms with Crippen molar-refractivity contribution in [2.24, 2.45) is 5.73 Å². The second kappa shape index (κ2) is 8.95. The normalized spacial score (nSPS) is 11.9. The molecule has 0 saturated heterocycles. The molecule has 114 valence electrons. The first-order chi connectivity index (χ1) is 8.95. The minimum atomic E-state index is -0.600. The molecule has 0 aliphatic rings. The number of nitrogens with two attached hydrogens (primary N) is 1. The monoisotopic (exact) mass is 300 g/mol. The summed E-state index contributed by atoms with van der Waals surface area (Å²) in [6, 6.07) is 7.67. The summed E-state index contributed by atoms with van der Waals surface area (Å²) in [4.78, 5) is 14.1. The molecule has 1 amide bonds. The lowest BCUT2D eigenvalue weighted by atomic mass is 10.1. The molecule has 0 aliphatic carbocycles. The number of hydrogen-bond donors (Lipinski definition) is 1. The lowest BCUT2D eigenvalue weighted by molar-refractivity contribution is -0.136. The maximum absolute atomic E-state index is 12.3. The summed E-state index contributed by atoms with van der Waals surface area (Å²) >= 11 is 0. The lowest BCUT2D eigenvalue weighted by Crippen LogP contribution is -2.48. The van der Waals surface area contributed by atoms with Crippen molar-refractivity contribution in [3.8, 4) is 0 Å². The van der Waals surface area contributed by atoms with Crippen molar-refractivity contribution in [2.45, 2.75) is 39.4 Å². The fourth-order valence-electron chi connectivity index (χ4n) is 1.99. The molecule has 1 atom stereocenters. The first kappa shape index (κ1) is 18.9. The molecule has 20 heavy (non-hydrogen) atoms. The van der Waals surface area contributed by atoms with Crippen molar-refractivity contribution in [1.29, 1.82) is 0 Å². The van der Waals surface area contributed by atoms with Crippen molar-refractivity contribution in [2.75, 3.05) is 13.7 Å². The van der Waals surface area contributed by atoms with Crippen LogP contribution in [-0.2, 0) is 16.1 Å². The highest BCUT2D eigenvalue weighted by atomic mass is 35.5. The van der Waals surface area contributed by atoms with Crippen LogP contribution in [0.4, 0.5) is 0 Å². The molecule has 1 aromatic rings. The van der Waals surface area contributed by atoms with Crippen molar-refractivity contribution in [1.82, 2.24) is 4.90 Å². The van der Waals surface area contributed by atoms with Crippen molar-refractivity contribution in [3.63, 3.8) is 0 Å². The van der Waals surface area contributed by atoms with E-state index in [1.54, 1.807) is 12.0 Å². The van der Waals surface area contributed by atoms with Gasteiger partial charge >= 0.3 is 0 Å². The molecule has 0 fully saturated rings. The zero-order valence-corrected chi connectivity index (χ0v) is 13.4. The predicted molar refractivity (Wildman–Crippen MR) is 84.0 cm³/mol. The first-order valence-corrected chi connectivity index (χ1v) is 6.56. The van der Waals surface area contributed by atoms with E-state index in [1.165, 1.54) is 5.56 Å². The highest BCUT2D eigenvalue weighted by Gasteiger charge is 2.23. The third kappa shape index (κ3) is 5.49. The van der Waals surface area contributed by atoms with E-state index < -0.39 is 6.04 Å². The molecule has 0 aliphatic heterocycles. The van der Waals surface area contributed by atoms with Gasteiger partial charge in [0.25, 0.3) is 0 Å². The Morgan fingerprint density at radius 1 is 1.40 bits per heavy atom. The Balaban J connectivity index is 0.00000361. The van der Waals surface area contributed by atoms with Crippen LogP contribution in [0.3, 0.4) is 0 Å². The van der Waals surface area contributed by atoms with Gasteiger partial charge in [0.15, 0.2) is 0 Å². The Kier molecular flexibility index (Phi) is 8.46. The largest absolute Gasteiger partial charge is 0.383 e. The van der Waals surface area contributed by atoms with Gasteiger partial charge in [0.05, 0.1) is 6.61 Å². The van der Waals surface area contributed by atoms with Gasteiger partial charge < -0.3 is 15.4 Å². The Labute approximate surface area is 127 Å². The van der Waals surface area contributed by atoms with Gasteiger partial charge in [-0.2, -0.15) is 0 Å². The molecule has 0 saturated carbocycles. The molecule has 0 unspecified atom stereocenters. The number of nitrogens with zero attached hydrogens (tertiary/aromatic N) is 1. The molecule has 0 bridgehead atoms. The van der Waals surface area contributed by atoms with Crippen LogP contribution < -0.4 is 5.73 Å². The molecule has 4 nitrogen and oxygen atoms in total. The summed E-state index contributed by atoms with van der Waals surface area (Å²) in [7, 11) is 1.55. The quantitative estimate of drug-likeness (QED) is 0.875. The van der Waals surface area contributed by atoms with Crippen LogP contribution in [0.5, 0.6) is 0 Å². The Bertz CT molecular complexity index is 424. The number of benzene rings is 1. The number of carbonyl (C=O) groups excluding carboxylic acids is 1. The molecule has 1 aromatic carbocycles. The van der Waals surface area contributed by atoms with Gasteiger partial charge in [0.1, 0.15) is 6.04 Å². The minimum Gasteiger partial charge on any atom is -0.383 e. The maximum Gasteiger partial charge on any atom is 0.242 e. The predicted octanol–water partition coefficient (Wildman–Crippen LogP) is 2.13. The van der Waals surface area contributed by atoms with Crippen molar-refractivity contribution in [3.05, 3.63) is 35.4 Å². The average molecular weight is 301 g/mol. The van der Waals surface area contributed by atoms with E-state index >= 15 is 0 Å². The first-order valence-electron chi connectivity index (χ1n) is 6.56. The summed E-state index contributed by atoms with van der Waals surface area (Å²) in [5.41, 5.74) is 8.14. The molecule has 0 radical (unpaired) electrons. The smallest absolute Gasteiger partial charge is 0.242 e. The van der Waals surface area contributed by atoms with Gasteiger partial charge in [0.2, 0.25) is 5.91 Å². The van der Waals surface area contributed by atoms with E-state index in [9.17, 15) is 4.79 Å². The molecule has 2 N–H and O–H groups in total. The number of ether oxygens (including phenoxy) is 1. The van der Waals surface area contributed by atoms with Gasteiger partial charge in [-0.15, -0.1) is 12.4 Å². The van der Waals surface area contributed by atoms with E-state index in [0.717, 1.165) is 5.56 Å². The van der Waals surface area contributed by atoms with Crippen LogP contribution in [0.1, 0.15) is 25.0 Å². The Hall–Kier alpha value is -1.10. The van der Waals surface area contributed by atoms with E-state index in [-0.39, 0.29) is 31.0 Å². The van der Waals surface area contributed by atoms with E-state index in [4.69, 9.17) is 10.5 Å². The van der Waals surface area contributed by atoms with Crippen molar-refractivity contribution >= 4 is 18.3 Å². The SMILES string of the molecule is COC[C@H](N)C(=O)N(Cc1cccc(C)c1)C(C)C.Cl. The average Bonchev–Trinajstić information content (AvgIpc) is 2.35. The van der Waals surface area contributed by atoms with E-state index in [2.05, 4.69) is 6.07 Å². The number of aryl methyl sites for hydroxylation is 1. The van der Waals surface area contributed by atoms with Gasteiger partial charge in [0, 0.05) is 19.7 Å². The molecule has 1 rings (SSSR count). The summed E-state index contributed by atoms with van der Waals surface area (Å²) < 4.78 is 4.95. The van der Waals surface area contributed by atoms with Gasteiger partial charge in [-0.05, 0) is 26.3 Å². The Morgan fingerprint density at radius 3 is 2.55 bits per heavy atom. The van der Waals surface area contributed by atoms with Crippen LogP contribution in [0, 0.1) is 6.92 Å². The summed E-state index contributed by atoms with van der Waals surface area (Å²) in [5, 5.41) is 0. The number of carbonyl (C=O) groups is 1. The maximum atomic E-state index is 12.3. The van der Waals surface area contributed by atoms with Gasteiger partial charge in [-0.25, -0.2) is 0 Å². The Morgan fingerprint density at radius 2 is 2.05 bits per heavy atom. The standard InChI is InChI=1S/C15H24N2O2.ClH/c1-11(2)17(15(18)14(16)10-19-4)9-13-7-5-6-12(3)8-13;/h5-8,11,14H,9-10,16H2,1-4H3;1H/t14-;/m0./s1. The van der Waals surface area contributed by atoms with E-state index in [1.807, 2.05) is 39.0 Å². The minimum absolute atomic E-state index is 0. The topological polar surface area (TPSA) is 55.6 Å². The third-order valence-electron chi connectivity index (χ3n) is 3.01. The zero-order chi connectivity index (χ0) is 14.4. The molecular formula is C15H25ClN2O2. The number of halogens is 1. The molecule has 0 spiro atoms. The molecule has 5 heteroatoms. The van der Waals surface area contributed by atoms with Gasteiger partial charge in [-0.3, -0.25) is 4.79 Å².